The van der Waals surface area contributed by atoms with Gasteiger partial charge in [0.05, 0.1) is 4.90 Å². The highest BCUT2D eigenvalue weighted by Gasteiger charge is 2.25. The molecule has 0 saturated carbocycles. The molecule has 0 aliphatic carbocycles. The highest BCUT2D eigenvalue weighted by atomic mass is 35.5. The maximum atomic E-state index is 12.4. The van der Waals surface area contributed by atoms with Crippen molar-refractivity contribution in [3.05, 3.63) is 27.7 Å². The molecule has 1 aliphatic heterocycles. The predicted molar refractivity (Wildman–Crippen MR) is 89.3 cm³/mol. The molecule has 1 aromatic rings. The van der Waals surface area contributed by atoms with Crippen molar-refractivity contribution in [3.8, 4) is 0 Å². The van der Waals surface area contributed by atoms with Gasteiger partial charge >= 0.3 is 0 Å². The maximum Gasteiger partial charge on any atom is 0.240 e. The number of hydrogen-bond donors (Lipinski definition) is 2. The summed E-state index contributed by atoms with van der Waals surface area (Å²) in [6, 6.07) is 3.13. The zero-order chi connectivity index (χ0) is 14.9. The molecule has 0 spiro atoms. The van der Waals surface area contributed by atoms with E-state index in [1.54, 1.807) is 6.92 Å². The fourth-order valence-corrected chi connectivity index (χ4v) is 4.26. The van der Waals surface area contributed by atoms with Crippen molar-refractivity contribution in [3.63, 3.8) is 0 Å². The number of hydrogen-bond acceptors (Lipinski definition) is 3. The van der Waals surface area contributed by atoms with Gasteiger partial charge in [0.1, 0.15) is 0 Å². The summed E-state index contributed by atoms with van der Waals surface area (Å²) in [5, 5.41) is 4.00. The Kier molecular flexibility index (Phi) is 6.78. The predicted octanol–water partition coefficient (Wildman–Crippen LogP) is 3.14. The number of sulfonamides is 1. The van der Waals surface area contributed by atoms with Crippen molar-refractivity contribution in [2.24, 2.45) is 0 Å². The minimum Gasteiger partial charge on any atom is -0.314 e. The quantitative estimate of drug-likeness (QED) is 0.855. The van der Waals surface area contributed by atoms with Gasteiger partial charge < -0.3 is 5.32 Å². The van der Waals surface area contributed by atoms with Gasteiger partial charge in [0.2, 0.25) is 10.0 Å². The Balaban J connectivity index is 0.00000220. The molecule has 0 amide bonds. The molecule has 4 nitrogen and oxygen atoms in total. The summed E-state index contributed by atoms with van der Waals surface area (Å²) in [6.07, 6.45) is 1.55. The first-order valence-corrected chi connectivity index (χ1v) is 8.75. The summed E-state index contributed by atoms with van der Waals surface area (Å²) in [4.78, 5) is 0.115. The molecule has 120 valence electrons. The van der Waals surface area contributed by atoms with Crippen molar-refractivity contribution in [1.82, 2.24) is 10.0 Å². The summed E-state index contributed by atoms with van der Waals surface area (Å²) < 4.78 is 27.5. The summed E-state index contributed by atoms with van der Waals surface area (Å²) >= 11 is 12.0. The molecule has 1 aromatic carbocycles. The van der Waals surface area contributed by atoms with Gasteiger partial charge in [0, 0.05) is 22.1 Å². The van der Waals surface area contributed by atoms with E-state index < -0.39 is 10.0 Å². The molecule has 8 heteroatoms. The van der Waals surface area contributed by atoms with Gasteiger partial charge in [-0.25, -0.2) is 13.1 Å². The van der Waals surface area contributed by atoms with Crippen molar-refractivity contribution in [1.29, 1.82) is 0 Å². The smallest absolute Gasteiger partial charge is 0.240 e. The molecule has 0 radical (unpaired) electrons. The van der Waals surface area contributed by atoms with Crippen LogP contribution in [0.25, 0.3) is 0 Å². The lowest BCUT2D eigenvalue weighted by atomic mass is 10.0. The summed E-state index contributed by atoms with van der Waals surface area (Å²) in [7, 11) is -3.59. The van der Waals surface area contributed by atoms with Gasteiger partial charge in [-0.3, -0.25) is 0 Å². The molecule has 1 aliphatic rings. The second-order valence-electron chi connectivity index (χ2n) is 5.21. The molecule has 1 fully saturated rings. The Hall–Kier alpha value is -0.0400. The van der Waals surface area contributed by atoms with Crippen LogP contribution >= 0.6 is 35.6 Å². The van der Waals surface area contributed by atoms with Crippen LogP contribution in [0.2, 0.25) is 10.0 Å². The first-order chi connectivity index (χ1) is 9.29. The van der Waals surface area contributed by atoms with Crippen molar-refractivity contribution >= 4 is 45.6 Å². The molecule has 0 bridgehead atoms. The van der Waals surface area contributed by atoms with E-state index in [1.807, 2.05) is 6.92 Å². The van der Waals surface area contributed by atoms with Crippen LogP contribution in [0.5, 0.6) is 0 Å². The van der Waals surface area contributed by atoms with Crippen LogP contribution in [-0.2, 0) is 10.0 Å². The van der Waals surface area contributed by atoms with Crippen molar-refractivity contribution in [2.45, 2.75) is 43.7 Å². The molecule has 21 heavy (non-hydrogen) atoms. The van der Waals surface area contributed by atoms with E-state index in [0.29, 0.717) is 21.7 Å². The third kappa shape index (κ3) is 4.71. The normalized spacial score (nSPS) is 22.7. The third-order valence-electron chi connectivity index (χ3n) is 3.51. The van der Waals surface area contributed by atoms with Gasteiger partial charge in [-0.15, -0.1) is 12.4 Å². The first-order valence-electron chi connectivity index (χ1n) is 6.51. The average Bonchev–Trinajstić information content (AvgIpc) is 2.34. The Morgan fingerprint density at radius 1 is 1.29 bits per heavy atom. The monoisotopic (exact) mass is 372 g/mol. The molecule has 2 N–H and O–H groups in total. The van der Waals surface area contributed by atoms with Gasteiger partial charge in [-0.2, -0.15) is 0 Å². The summed E-state index contributed by atoms with van der Waals surface area (Å²) in [5.74, 6) is 0. The fourth-order valence-electron chi connectivity index (χ4n) is 2.30. The van der Waals surface area contributed by atoms with Crippen LogP contribution < -0.4 is 10.0 Å². The highest BCUT2D eigenvalue weighted by molar-refractivity contribution is 7.89. The third-order valence-corrected chi connectivity index (χ3v) is 5.80. The highest BCUT2D eigenvalue weighted by Crippen LogP contribution is 2.28. The van der Waals surface area contributed by atoms with Gasteiger partial charge in [0.15, 0.2) is 0 Å². The number of halogens is 3. The lowest BCUT2D eigenvalue weighted by Crippen LogP contribution is -2.46. The van der Waals surface area contributed by atoms with Crippen molar-refractivity contribution < 1.29 is 8.42 Å². The number of benzene rings is 1. The van der Waals surface area contributed by atoms with E-state index >= 15 is 0 Å². The molecule has 2 unspecified atom stereocenters. The van der Waals surface area contributed by atoms with E-state index in [-0.39, 0.29) is 23.3 Å². The zero-order valence-corrected chi connectivity index (χ0v) is 15.0. The molecule has 1 saturated heterocycles. The molecule has 0 aromatic heterocycles. The number of rotatable bonds is 3. The lowest BCUT2D eigenvalue weighted by molar-refractivity contribution is 0.361. The van der Waals surface area contributed by atoms with Crippen LogP contribution in [-0.4, -0.2) is 27.0 Å². The SMILES string of the molecule is Cc1c(Cl)cc(S(=O)(=O)NC2CCNC(C)C2)cc1Cl.Cl. The summed E-state index contributed by atoms with van der Waals surface area (Å²) in [5.41, 5.74) is 0.683. The largest absolute Gasteiger partial charge is 0.314 e. The van der Waals surface area contributed by atoms with Crippen LogP contribution in [0.15, 0.2) is 17.0 Å². The lowest BCUT2D eigenvalue weighted by Gasteiger charge is -2.28. The topological polar surface area (TPSA) is 58.2 Å². The van der Waals surface area contributed by atoms with Gasteiger partial charge in [-0.05, 0) is 50.9 Å². The molecule has 2 rings (SSSR count). The Labute approximate surface area is 142 Å². The maximum absolute atomic E-state index is 12.4. The van der Waals surface area contributed by atoms with Crippen LogP contribution in [0.4, 0.5) is 0 Å². The second-order valence-corrected chi connectivity index (χ2v) is 7.74. The standard InChI is InChI=1S/C13H18Cl2N2O2S.ClH/c1-8-5-10(3-4-16-8)17-20(18,19)11-6-12(14)9(2)13(15)7-11;/h6-8,10,16-17H,3-5H2,1-2H3;1H. The minimum atomic E-state index is -3.59. The van der Waals surface area contributed by atoms with Crippen LogP contribution in [0.1, 0.15) is 25.3 Å². The number of piperidine rings is 1. The first kappa shape index (κ1) is 19.0. The summed E-state index contributed by atoms with van der Waals surface area (Å²) in [6.45, 7) is 4.60. The molecular formula is C13H19Cl3N2O2S. The van der Waals surface area contributed by atoms with Crippen molar-refractivity contribution in [2.75, 3.05) is 6.54 Å². The number of nitrogens with one attached hydrogen (secondary N) is 2. The van der Waals surface area contributed by atoms with Crippen LogP contribution in [0.3, 0.4) is 0 Å². The van der Waals surface area contributed by atoms with E-state index in [1.165, 1.54) is 12.1 Å². The second kappa shape index (κ2) is 7.49. The Morgan fingerprint density at radius 2 is 1.86 bits per heavy atom. The van der Waals surface area contributed by atoms with E-state index in [0.717, 1.165) is 19.4 Å². The van der Waals surface area contributed by atoms with E-state index in [2.05, 4.69) is 10.0 Å². The molecule has 1 heterocycles. The van der Waals surface area contributed by atoms with Gasteiger partial charge in [0.25, 0.3) is 0 Å². The Morgan fingerprint density at radius 3 is 2.38 bits per heavy atom. The van der Waals surface area contributed by atoms with E-state index in [4.69, 9.17) is 23.2 Å². The van der Waals surface area contributed by atoms with E-state index in [9.17, 15) is 8.42 Å². The fraction of sp³-hybridized carbons (Fsp3) is 0.538. The van der Waals surface area contributed by atoms with Crippen LogP contribution in [0, 0.1) is 6.92 Å². The molecular weight excluding hydrogens is 355 g/mol. The minimum absolute atomic E-state index is 0. The molecule has 2 atom stereocenters. The average molecular weight is 374 g/mol. The zero-order valence-electron chi connectivity index (χ0n) is 11.8. The van der Waals surface area contributed by atoms with Gasteiger partial charge in [-0.1, -0.05) is 23.2 Å². The Bertz CT molecular complexity index is 584.